The van der Waals surface area contributed by atoms with Gasteiger partial charge in [0, 0.05) is 25.2 Å². The van der Waals surface area contributed by atoms with E-state index in [0.717, 1.165) is 29.5 Å². The Labute approximate surface area is 113 Å². The first-order valence-electron chi connectivity index (χ1n) is 6.49. The molecule has 0 spiro atoms. The van der Waals surface area contributed by atoms with Crippen molar-refractivity contribution in [1.82, 2.24) is 9.78 Å². The lowest BCUT2D eigenvalue weighted by Gasteiger charge is -2.07. The van der Waals surface area contributed by atoms with Crippen molar-refractivity contribution in [1.29, 1.82) is 0 Å². The molecule has 0 amide bonds. The first-order valence-corrected chi connectivity index (χ1v) is 6.49. The molecule has 0 aliphatic heterocycles. The molecule has 0 radical (unpaired) electrons. The fraction of sp³-hybridized carbons (Fsp3) is 0.333. The lowest BCUT2D eigenvalue weighted by Crippen LogP contribution is -2.09. The number of ketones is 1. The van der Waals surface area contributed by atoms with Crippen molar-refractivity contribution < 1.29 is 4.79 Å². The second kappa shape index (κ2) is 6.29. The van der Waals surface area contributed by atoms with E-state index in [9.17, 15) is 4.79 Å². The molecule has 1 heterocycles. The smallest absolute Gasteiger partial charge is 0.163 e. The molecule has 2 rings (SSSR count). The summed E-state index contributed by atoms with van der Waals surface area (Å²) in [7, 11) is 1.88. The van der Waals surface area contributed by atoms with Crippen molar-refractivity contribution in [2.45, 2.75) is 19.3 Å². The van der Waals surface area contributed by atoms with Gasteiger partial charge in [0.1, 0.15) is 0 Å². The number of nitrogens with two attached hydrogens (primary N) is 1. The maximum absolute atomic E-state index is 12.3. The number of Topliss-reactive ketones (excluding diaryl/α,β-unsaturated/α-hetero) is 1. The number of hydrogen-bond acceptors (Lipinski definition) is 3. The van der Waals surface area contributed by atoms with Crippen LogP contribution in [0.2, 0.25) is 0 Å². The number of hydrogen-bond donors (Lipinski definition) is 1. The van der Waals surface area contributed by atoms with Crippen molar-refractivity contribution in [2.24, 2.45) is 12.8 Å². The van der Waals surface area contributed by atoms with Crippen LogP contribution in [0.1, 0.15) is 27.9 Å². The molecule has 4 nitrogen and oxygen atoms in total. The van der Waals surface area contributed by atoms with E-state index in [2.05, 4.69) is 5.10 Å². The first kappa shape index (κ1) is 13.5. The summed E-state index contributed by atoms with van der Waals surface area (Å²) < 4.78 is 1.75. The highest BCUT2D eigenvalue weighted by atomic mass is 16.1. The van der Waals surface area contributed by atoms with Gasteiger partial charge >= 0.3 is 0 Å². The minimum absolute atomic E-state index is 0.174. The van der Waals surface area contributed by atoms with Gasteiger partial charge in [-0.2, -0.15) is 5.10 Å². The first-order chi connectivity index (χ1) is 9.20. The van der Waals surface area contributed by atoms with Gasteiger partial charge in [-0.1, -0.05) is 24.3 Å². The second-order valence-electron chi connectivity index (χ2n) is 4.64. The monoisotopic (exact) mass is 257 g/mol. The van der Waals surface area contributed by atoms with E-state index in [1.807, 2.05) is 37.5 Å². The SMILES string of the molecule is Cn1cc(CCC(=O)c2ccccc2CCN)cn1. The van der Waals surface area contributed by atoms with Gasteiger partial charge in [-0.05, 0) is 30.5 Å². The normalized spacial score (nSPS) is 10.6. The predicted octanol–water partition coefficient (Wildman–Crippen LogP) is 1.74. The average molecular weight is 257 g/mol. The Hall–Kier alpha value is -1.94. The van der Waals surface area contributed by atoms with Gasteiger partial charge in [0.25, 0.3) is 0 Å². The van der Waals surface area contributed by atoms with E-state index in [4.69, 9.17) is 5.73 Å². The molecule has 4 heteroatoms. The van der Waals surface area contributed by atoms with Crippen LogP contribution in [0.4, 0.5) is 0 Å². The molecular formula is C15H19N3O. The van der Waals surface area contributed by atoms with E-state index in [-0.39, 0.29) is 5.78 Å². The summed E-state index contributed by atoms with van der Waals surface area (Å²) in [5.74, 6) is 0.174. The third-order valence-corrected chi connectivity index (χ3v) is 3.13. The number of aryl methyl sites for hydroxylation is 2. The fourth-order valence-electron chi connectivity index (χ4n) is 2.16. The van der Waals surface area contributed by atoms with Crippen LogP contribution < -0.4 is 5.73 Å². The molecule has 1 aromatic carbocycles. The Morgan fingerprint density at radius 1 is 1.32 bits per heavy atom. The topological polar surface area (TPSA) is 60.9 Å². The summed E-state index contributed by atoms with van der Waals surface area (Å²) in [6, 6.07) is 7.71. The lowest BCUT2D eigenvalue weighted by molar-refractivity contribution is 0.0982. The Kier molecular flexibility index (Phi) is 4.47. The Bertz CT molecular complexity index is 560. The van der Waals surface area contributed by atoms with Crippen LogP contribution in [-0.4, -0.2) is 22.1 Å². The average Bonchev–Trinajstić information content (AvgIpc) is 2.83. The van der Waals surface area contributed by atoms with Gasteiger partial charge < -0.3 is 5.73 Å². The molecule has 0 bridgehead atoms. The summed E-state index contributed by atoms with van der Waals surface area (Å²) in [5, 5.41) is 4.10. The van der Waals surface area contributed by atoms with Crippen molar-refractivity contribution >= 4 is 5.78 Å². The van der Waals surface area contributed by atoms with Crippen LogP contribution in [0.15, 0.2) is 36.7 Å². The zero-order valence-electron chi connectivity index (χ0n) is 11.2. The van der Waals surface area contributed by atoms with Gasteiger partial charge in [0.2, 0.25) is 0 Å². The summed E-state index contributed by atoms with van der Waals surface area (Å²) in [5.41, 5.74) is 8.51. The zero-order chi connectivity index (χ0) is 13.7. The third-order valence-electron chi connectivity index (χ3n) is 3.13. The molecule has 0 saturated heterocycles. The maximum atomic E-state index is 12.3. The summed E-state index contributed by atoms with van der Waals surface area (Å²) in [4.78, 5) is 12.3. The minimum Gasteiger partial charge on any atom is -0.330 e. The number of nitrogens with zero attached hydrogens (tertiary/aromatic N) is 2. The summed E-state index contributed by atoms with van der Waals surface area (Å²) in [6.07, 6.45) is 5.73. The zero-order valence-corrected chi connectivity index (χ0v) is 11.2. The molecule has 0 unspecified atom stereocenters. The van der Waals surface area contributed by atoms with Crippen LogP contribution in [-0.2, 0) is 19.9 Å². The third kappa shape index (κ3) is 3.51. The molecule has 19 heavy (non-hydrogen) atoms. The summed E-state index contributed by atoms with van der Waals surface area (Å²) >= 11 is 0. The van der Waals surface area contributed by atoms with Crippen molar-refractivity contribution in [3.05, 3.63) is 53.3 Å². The standard InChI is InChI=1S/C15H19N3O/c1-18-11-12(10-17-18)6-7-15(19)14-5-3-2-4-13(14)8-9-16/h2-5,10-11H,6-9,16H2,1H3. The number of benzene rings is 1. The Morgan fingerprint density at radius 3 is 2.79 bits per heavy atom. The van der Waals surface area contributed by atoms with Crippen LogP contribution in [0, 0.1) is 0 Å². The van der Waals surface area contributed by atoms with Crippen molar-refractivity contribution in [2.75, 3.05) is 6.54 Å². The molecule has 0 fully saturated rings. The van der Waals surface area contributed by atoms with E-state index in [1.54, 1.807) is 10.9 Å². The van der Waals surface area contributed by atoms with Crippen LogP contribution in [0.25, 0.3) is 0 Å². The Balaban J connectivity index is 2.03. The summed E-state index contributed by atoms with van der Waals surface area (Å²) in [6.45, 7) is 0.562. The molecule has 0 aliphatic rings. The van der Waals surface area contributed by atoms with E-state index >= 15 is 0 Å². The minimum atomic E-state index is 0.174. The van der Waals surface area contributed by atoms with Crippen molar-refractivity contribution in [3.63, 3.8) is 0 Å². The quantitative estimate of drug-likeness (QED) is 0.802. The van der Waals surface area contributed by atoms with Gasteiger partial charge in [-0.3, -0.25) is 9.48 Å². The van der Waals surface area contributed by atoms with E-state index < -0.39 is 0 Å². The van der Waals surface area contributed by atoms with E-state index in [1.165, 1.54) is 0 Å². The molecule has 0 aliphatic carbocycles. The second-order valence-corrected chi connectivity index (χ2v) is 4.64. The van der Waals surface area contributed by atoms with Gasteiger partial charge in [0.15, 0.2) is 5.78 Å². The molecule has 0 saturated carbocycles. The number of carbonyl (C=O) groups excluding carboxylic acids is 1. The van der Waals surface area contributed by atoms with Crippen LogP contribution in [0.3, 0.4) is 0 Å². The molecule has 0 atom stereocenters. The largest absolute Gasteiger partial charge is 0.330 e. The van der Waals surface area contributed by atoms with Crippen LogP contribution in [0.5, 0.6) is 0 Å². The molecule has 1 aromatic heterocycles. The fourth-order valence-corrected chi connectivity index (χ4v) is 2.16. The predicted molar refractivity (Wildman–Crippen MR) is 75.1 cm³/mol. The molecule has 100 valence electrons. The highest BCUT2D eigenvalue weighted by molar-refractivity contribution is 5.97. The lowest BCUT2D eigenvalue weighted by atomic mass is 9.97. The Morgan fingerprint density at radius 2 is 2.11 bits per heavy atom. The van der Waals surface area contributed by atoms with Gasteiger partial charge in [0.05, 0.1) is 6.20 Å². The number of rotatable bonds is 6. The van der Waals surface area contributed by atoms with Crippen molar-refractivity contribution in [3.8, 4) is 0 Å². The highest BCUT2D eigenvalue weighted by Crippen LogP contribution is 2.13. The number of carbonyl (C=O) groups is 1. The molecule has 2 N–H and O–H groups in total. The van der Waals surface area contributed by atoms with Gasteiger partial charge in [-0.15, -0.1) is 0 Å². The van der Waals surface area contributed by atoms with E-state index in [0.29, 0.717) is 13.0 Å². The number of aromatic nitrogens is 2. The van der Waals surface area contributed by atoms with Gasteiger partial charge in [-0.25, -0.2) is 0 Å². The molecule has 2 aromatic rings. The molecular weight excluding hydrogens is 238 g/mol. The highest BCUT2D eigenvalue weighted by Gasteiger charge is 2.10. The maximum Gasteiger partial charge on any atom is 0.163 e. The van der Waals surface area contributed by atoms with Crippen LogP contribution >= 0.6 is 0 Å².